The third kappa shape index (κ3) is 5.56. The fraction of sp³-hybridized carbons (Fsp3) is 0.0909. The van der Waals surface area contributed by atoms with E-state index in [1.165, 1.54) is 36.4 Å². The van der Waals surface area contributed by atoms with Gasteiger partial charge >= 0.3 is 11.9 Å². The number of esters is 2. The van der Waals surface area contributed by atoms with E-state index in [1.54, 1.807) is 12.1 Å². The lowest BCUT2D eigenvalue weighted by molar-refractivity contribution is 0.0450. The molecule has 0 saturated heterocycles. The van der Waals surface area contributed by atoms with Gasteiger partial charge in [-0.05, 0) is 48.5 Å². The highest BCUT2D eigenvalue weighted by molar-refractivity contribution is 6.33. The number of hydrogen-bond acceptors (Lipinski definition) is 5. The highest BCUT2D eigenvalue weighted by Gasteiger charge is 2.18. The molecule has 0 amide bonds. The Balaban J connectivity index is 1.51. The van der Waals surface area contributed by atoms with Crippen molar-refractivity contribution in [1.29, 1.82) is 0 Å². The summed E-state index contributed by atoms with van der Waals surface area (Å²) in [5.74, 6) is -1.43. The summed E-state index contributed by atoms with van der Waals surface area (Å²) in [5.41, 5.74) is -0.0792. The van der Waals surface area contributed by atoms with Crippen molar-refractivity contribution in [2.45, 2.75) is 0 Å². The maximum atomic E-state index is 13.8. The maximum absolute atomic E-state index is 13.8. The number of carbonyl (C=O) groups is 2. The fourth-order valence-corrected chi connectivity index (χ4v) is 2.64. The first kappa shape index (κ1) is 20.4. The van der Waals surface area contributed by atoms with Gasteiger partial charge in [-0.15, -0.1) is 0 Å². The molecular formula is C22H16ClFO5. The predicted octanol–water partition coefficient (Wildman–Crippen LogP) is 4.93. The molecule has 0 atom stereocenters. The Bertz CT molecular complexity index is 970. The Hall–Kier alpha value is -3.38. The number of benzene rings is 3. The molecule has 0 fully saturated rings. The molecule has 0 aliphatic rings. The van der Waals surface area contributed by atoms with E-state index in [-0.39, 0.29) is 35.1 Å². The molecular weight excluding hydrogens is 399 g/mol. The van der Waals surface area contributed by atoms with Crippen molar-refractivity contribution >= 4 is 23.5 Å². The molecule has 7 heteroatoms. The van der Waals surface area contributed by atoms with Gasteiger partial charge in [0.25, 0.3) is 0 Å². The molecule has 0 bridgehead atoms. The van der Waals surface area contributed by atoms with Crippen LogP contribution in [0.5, 0.6) is 11.5 Å². The van der Waals surface area contributed by atoms with Crippen molar-refractivity contribution in [3.8, 4) is 11.5 Å². The van der Waals surface area contributed by atoms with Crippen LogP contribution in [-0.4, -0.2) is 25.2 Å². The van der Waals surface area contributed by atoms with Crippen LogP contribution in [0.1, 0.15) is 20.7 Å². The Morgan fingerprint density at radius 2 is 1.52 bits per heavy atom. The van der Waals surface area contributed by atoms with Gasteiger partial charge in [-0.25, -0.2) is 14.0 Å². The molecule has 29 heavy (non-hydrogen) atoms. The molecule has 5 nitrogen and oxygen atoms in total. The smallest absolute Gasteiger partial charge is 0.348 e. The van der Waals surface area contributed by atoms with Gasteiger partial charge in [0.1, 0.15) is 36.1 Å². The van der Waals surface area contributed by atoms with Gasteiger partial charge in [0, 0.05) is 0 Å². The van der Waals surface area contributed by atoms with E-state index in [1.807, 2.05) is 18.2 Å². The number of halogens is 2. The standard InChI is InChI=1S/C22H16ClFO5/c23-18-7-4-8-19(24)20(18)22(26)29-17-11-9-15(10-12-17)21(25)28-14-13-27-16-5-2-1-3-6-16/h1-12H,13-14H2. The lowest BCUT2D eigenvalue weighted by Crippen LogP contribution is -2.13. The van der Waals surface area contributed by atoms with Crippen molar-refractivity contribution in [3.05, 3.63) is 94.8 Å². The van der Waals surface area contributed by atoms with Crippen LogP contribution in [0.25, 0.3) is 0 Å². The molecule has 3 aromatic rings. The molecule has 0 heterocycles. The van der Waals surface area contributed by atoms with Crippen LogP contribution in [0.15, 0.2) is 72.8 Å². The lowest BCUT2D eigenvalue weighted by Gasteiger charge is -2.09. The second-order valence-electron chi connectivity index (χ2n) is 5.81. The fourth-order valence-electron chi connectivity index (χ4n) is 2.40. The van der Waals surface area contributed by atoms with Crippen molar-refractivity contribution in [1.82, 2.24) is 0 Å². The Morgan fingerprint density at radius 1 is 0.793 bits per heavy atom. The zero-order chi connectivity index (χ0) is 20.6. The van der Waals surface area contributed by atoms with E-state index in [9.17, 15) is 14.0 Å². The minimum atomic E-state index is -0.929. The van der Waals surface area contributed by atoms with E-state index in [2.05, 4.69) is 0 Å². The summed E-state index contributed by atoms with van der Waals surface area (Å²) in [7, 11) is 0. The van der Waals surface area contributed by atoms with Crippen molar-refractivity contribution in [2.24, 2.45) is 0 Å². The normalized spacial score (nSPS) is 10.3. The summed E-state index contributed by atoms with van der Waals surface area (Å²) in [4.78, 5) is 24.2. The van der Waals surface area contributed by atoms with Gasteiger partial charge in [0.15, 0.2) is 0 Å². The molecule has 0 aliphatic carbocycles. The molecule has 3 aromatic carbocycles. The second kappa shape index (κ2) is 9.71. The van der Waals surface area contributed by atoms with Crippen LogP contribution < -0.4 is 9.47 Å². The van der Waals surface area contributed by atoms with Gasteiger partial charge in [0.05, 0.1) is 10.6 Å². The highest BCUT2D eigenvalue weighted by Crippen LogP contribution is 2.22. The van der Waals surface area contributed by atoms with Gasteiger partial charge in [-0.3, -0.25) is 0 Å². The summed E-state index contributed by atoms with van der Waals surface area (Å²) >= 11 is 5.84. The van der Waals surface area contributed by atoms with Gasteiger partial charge in [-0.1, -0.05) is 35.9 Å². The van der Waals surface area contributed by atoms with E-state index in [0.29, 0.717) is 5.75 Å². The zero-order valence-corrected chi connectivity index (χ0v) is 15.9. The molecule has 148 valence electrons. The second-order valence-corrected chi connectivity index (χ2v) is 6.22. The van der Waals surface area contributed by atoms with Crippen LogP contribution in [0.4, 0.5) is 4.39 Å². The zero-order valence-electron chi connectivity index (χ0n) is 15.1. The maximum Gasteiger partial charge on any atom is 0.348 e. The molecule has 0 saturated carbocycles. The van der Waals surface area contributed by atoms with Crippen molar-refractivity contribution < 1.29 is 28.2 Å². The quantitative estimate of drug-likeness (QED) is 0.311. The molecule has 0 aromatic heterocycles. The Labute approximate surface area is 171 Å². The van der Waals surface area contributed by atoms with Gasteiger partial charge in [-0.2, -0.15) is 0 Å². The molecule has 0 spiro atoms. The van der Waals surface area contributed by atoms with Crippen molar-refractivity contribution in [2.75, 3.05) is 13.2 Å². The molecule has 0 N–H and O–H groups in total. The van der Waals surface area contributed by atoms with Crippen LogP contribution in [0, 0.1) is 5.82 Å². The number of hydrogen-bond donors (Lipinski definition) is 0. The minimum absolute atomic E-state index is 0.0482. The number of para-hydroxylation sites is 1. The van der Waals surface area contributed by atoms with Crippen LogP contribution in [-0.2, 0) is 4.74 Å². The van der Waals surface area contributed by atoms with E-state index < -0.39 is 17.8 Å². The van der Waals surface area contributed by atoms with Crippen LogP contribution in [0.2, 0.25) is 5.02 Å². The highest BCUT2D eigenvalue weighted by atomic mass is 35.5. The topological polar surface area (TPSA) is 61.8 Å². The minimum Gasteiger partial charge on any atom is -0.490 e. The number of carbonyl (C=O) groups excluding carboxylic acids is 2. The third-order valence-corrected chi connectivity index (χ3v) is 4.11. The summed E-state index contributed by atoms with van der Waals surface area (Å²) < 4.78 is 29.5. The lowest BCUT2D eigenvalue weighted by atomic mass is 10.2. The Kier molecular flexibility index (Phi) is 6.81. The van der Waals surface area contributed by atoms with E-state index in [0.717, 1.165) is 6.07 Å². The first-order valence-corrected chi connectivity index (χ1v) is 9.03. The monoisotopic (exact) mass is 414 g/mol. The molecule has 0 unspecified atom stereocenters. The third-order valence-electron chi connectivity index (χ3n) is 3.80. The molecule has 0 aliphatic heterocycles. The SMILES string of the molecule is O=C(OCCOc1ccccc1)c1ccc(OC(=O)c2c(F)cccc2Cl)cc1. The average molecular weight is 415 g/mol. The number of rotatable bonds is 7. The first-order valence-electron chi connectivity index (χ1n) is 8.66. The van der Waals surface area contributed by atoms with Gasteiger partial charge in [0.2, 0.25) is 0 Å². The summed E-state index contributed by atoms with van der Waals surface area (Å²) in [6, 6.07) is 18.7. The average Bonchev–Trinajstić information content (AvgIpc) is 2.72. The number of ether oxygens (including phenoxy) is 3. The first-order chi connectivity index (χ1) is 14.0. The molecule has 3 rings (SSSR count). The summed E-state index contributed by atoms with van der Waals surface area (Å²) in [5, 5.41) is -0.0482. The molecule has 0 radical (unpaired) electrons. The predicted molar refractivity (Wildman–Crippen MR) is 105 cm³/mol. The van der Waals surface area contributed by atoms with Crippen LogP contribution >= 0.6 is 11.6 Å². The summed E-state index contributed by atoms with van der Waals surface area (Å²) in [6.45, 7) is 0.297. The van der Waals surface area contributed by atoms with E-state index >= 15 is 0 Å². The van der Waals surface area contributed by atoms with Crippen molar-refractivity contribution in [3.63, 3.8) is 0 Å². The van der Waals surface area contributed by atoms with E-state index in [4.69, 9.17) is 25.8 Å². The summed E-state index contributed by atoms with van der Waals surface area (Å²) in [6.07, 6.45) is 0. The van der Waals surface area contributed by atoms with Crippen LogP contribution in [0.3, 0.4) is 0 Å². The van der Waals surface area contributed by atoms with Gasteiger partial charge < -0.3 is 14.2 Å². The Morgan fingerprint density at radius 3 is 2.21 bits per heavy atom. The largest absolute Gasteiger partial charge is 0.490 e.